The molecule has 84 valence electrons. The Hall–Kier alpha value is -0.380. The third-order valence-electron chi connectivity index (χ3n) is 2.37. The average Bonchev–Trinajstić information content (AvgIpc) is 2.62. The van der Waals surface area contributed by atoms with Crippen LogP contribution in [0.25, 0.3) is 0 Å². The van der Waals surface area contributed by atoms with Gasteiger partial charge in [0.25, 0.3) is 0 Å². The molecule has 0 bridgehead atoms. The highest BCUT2D eigenvalue weighted by Gasteiger charge is 2.10. The van der Waals surface area contributed by atoms with E-state index in [1.165, 1.54) is 11.3 Å². The summed E-state index contributed by atoms with van der Waals surface area (Å²) in [6.07, 6.45) is 2.49. The SMILES string of the molecule is CC(CCN)CCC(=O)c1ccc(Cl)s1. The minimum atomic E-state index is 0.191. The highest BCUT2D eigenvalue weighted by Crippen LogP contribution is 2.23. The normalized spacial score (nSPS) is 12.7. The first kappa shape index (κ1) is 12.7. The Balaban J connectivity index is 2.36. The lowest BCUT2D eigenvalue weighted by Gasteiger charge is -2.07. The van der Waals surface area contributed by atoms with Gasteiger partial charge in [0, 0.05) is 6.42 Å². The molecule has 4 heteroatoms. The van der Waals surface area contributed by atoms with Gasteiger partial charge in [-0.15, -0.1) is 11.3 Å². The highest BCUT2D eigenvalue weighted by atomic mass is 35.5. The highest BCUT2D eigenvalue weighted by molar-refractivity contribution is 7.18. The second-order valence-electron chi connectivity index (χ2n) is 3.75. The largest absolute Gasteiger partial charge is 0.330 e. The molecular formula is C11H16ClNOS. The number of carbonyl (C=O) groups is 1. The van der Waals surface area contributed by atoms with E-state index in [0.29, 0.717) is 23.2 Å². The standard InChI is InChI=1S/C11H16ClNOS/c1-8(6-7-13)2-3-9(14)10-4-5-11(12)15-10/h4-5,8H,2-3,6-7,13H2,1H3. The van der Waals surface area contributed by atoms with Crippen LogP contribution in [0.15, 0.2) is 12.1 Å². The molecule has 0 radical (unpaired) electrons. The van der Waals surface area contributed by atoms with Crippen LogP contribution >= 0.6 is 22.9 Å². The fraction of sp³-hybridized carbons (Fsp3) is 0.545. The topological polar surface area (TPSA) is 43.1 Å². The van der Waals surface area contributed by atoms with Crippen molar-refractivity contribution in [3.05, 3.63) is 21.3 Å². The maximum absolute atomic E-state index is 11.7. The van der Waals surface area contributed by atoms with E-state index in [1.807, 2.05) is 0 Å². The number of carbonyl (C=O) groups excluding carboxylic acids is 1. The fourth-order valence-corrected chi connectivity index (χ4v) is 2.40. The zero-order valence-corrected chi connectivity index (χ0v) is 10.4. The van der Waals surface area contributed by atoms with Crippen LogP contribution in [-0.4, -0.2) is 12.3 Å². The van der Waals surface area contributed by atoms with Gasteiger partial charge in [-0.05, 0) is 37.4 Å². The van der Waals surface area contributed by atoms with Crippen LogP contribution in [-0.2, 0) is 0 Å². The third kappa shape index (κ3) is 4.33. The summed E-state index contributed by atoms with van der Waals surface area (Å²) in [4.78, 5) is 12.5. The molecule has 0 saturated heterocycles. The van der Waals surface area contributed by atoms with Crippen molar-refractivity contribution in [2.75, 3.05) is 6.54 Å². The second-order valence-corrected chi connectivity index (χ2v) is 5.46. The van der Waals surface area contributed by atoms with Crippen molar-refractivity contribution >= 4 is 28.7 Å². The predicted molar refractivity (Wildman–Crippen MR) is 65.7 cm³/mol. The maximum Gasteiger partial charge on any atom is 0.172 e. The summed E-state index contributed by atoms with van der Waals surface area (Å²) in [5.41, 5.74) is 5.45. The van der Waals surface area contributed by atoms with Crippen LogP contribution in [0.4, 0.5) is 0 Å². The Morgan fingerprint density at radius 1 is 1.53 bits per heavy atom. The Bertz CT molecular complexity index is 324. The summed E-state index contributed by atoms with van der Waals surface area (Å²) in [5, 5.41) is 0. The first-order chi connectivity index (χ1) is 7.13. The van der Waals surface area contributed by atoms with Crippen LogP contribution < -0.4 is 5.73 Å². The zero-order chi connectivity index (χ0) is 11.3. The molecule has 1 atom stereocenters. The molecule has 1 aromatic heterocycles. The number of Topliss-reactive ketones (excluding diaryl/α,β-unsaturated/α-hetero) is 1. The van der Waals surface area contributed by atoms with E-state index in [1.54, 1.807) is 12.1 Å². The summed E-state index contributed by atoms with van der Waals surface area (Å²) in [7, 11) is 0. The minimum absolute atomic E-state index is 0.191. The van der Waals surface area contributed by atoms with Crippen LogP contribution in [0, 0.1) is 5.92 Å². The molecule has 15 heavy (non-hydrogen) atoms. The smallest absolute Gasteiger partial charge is 0.172 e. The Morgan fingerprint density at radius 3 is 2.80 bits per heavy atom. The molecule has 0 spiro atoms. The lowest BCUT2D eigenvalue weighted by Crippen LogP contribution is -2.07. The second kappa shape index (κ2) is 6.26. The Morgan fingerprint density at radius 2 is 2.27 bits per heavy atom. The zero-order valence-electron chi connectivity index (χ0n) is 8.83. The van der Waals surface area contributed by atoms with Gasteiger partial charge in [-0.25, -0.2) is 0 Å². The van der Waals surface area contributed by atoms with E-state index in [-0.39, 0.29) is 5.78 Å². The molecule has 1 rings (SSSR count). The van der Waals surface area contributed by atoms with E-state index in [0.717, 1.165) is 17.7 Å². The van der Waals surface area contributed by atoms with Gasteiger partial charge in [-0.1, -0.05) is 18.5 Å². The molecule has 0 aliphatic heterocycles. The number of rotatable bonds is 6. The minimum Gasteiger partial charge on any atom is -0.330 e. The van der Waals surface area contributed by atoms with Crippen molar-refractivity contribution in [2.45, 2.75) is 26.2 Å². The molecule has 0 fully saturated rings. The summed E-state index contributed by atoms with van der Waals surface area (Å²) >= 11 is 7.12. The number of hydrogen-bond donors (Lipinski definition) is 1. The quantitative estimate of drug-likeness (QED) is 0.781. The summed E-state index contributed by atoms with van der Waals surface area (Å²) in [6, 6.07) is 3.56. The first-order valence-corrected chi connectivity index (χ1v) is 6.31. The number of thiophene rings is 1. The monoisotopic (exact) mass is 245 g/mol. The van der Waals surface area contributed by atoms with Crippen LogP contribution in [0.3, 0.4) is 0 Å². The van der Waals surface area contributed by atoms with Crippen LogP contribution in [0.2, 0.25) is 4.34 Å². The third-order valence-corrected chi connectivity index (χ3v) is 3.64. The van der Waals surface area contributed by atoms with Crippen molar-refractivity contribution in [3.63, 3.8) is 0 Å². The van der Waals surface area contributed by atoms with Crippen molar-refractivity contribution in [3.8, 4) is 0 Å². The molecule has 1 unspecified atom stereocenters. The molecule has 2 N–H and O–H groups in total. The Labute approximate surface area is 99.4 Å². The molecule has 1 heterocycles. The predicted octanol–water partition coefficient (Wildman–Crippen LogP) is 3.35. The summed E-state index contributed by atoms with van der Waals surface area (Å²) in [6.45, 7) is 2.82. The first-order valence-electron chi connectivity index (χ1n) is 5.12. The fourth-order valence-electron chi connectivity index (χ4n) is 1.39. The summed E-state index contributed by atoms with van der Waals surface area (Å²) < 4.78 is 0.674. The van der Waals surface area contributed by atoms with E-state index in [9.17, 15) is 4.79 Å². The maximum atomic E-state index is 11.7. The van der Waals surface area contributed by atoms with Gasteiger partial charge in [0.1, 0.15) is 0 Å². The lowest BCUT2D eigenvalue weighted by molar-refractivity contribution is 0.0978. The van der Waals surface area contributed by atoms with Gasteiger partial charge in [-0.2, -0.15) is 0 Å². The molecule has 1 aromatic rings. The van der Waals surface area contributed by atoms with Gasteiger partial charge in [-0.3, -0.25) is 4.79 Å². The molecule has 2 nitrogen and oxygen atoms in total. The lowest BCUT2D eigenvalue weighted by atomic mass is 10.00. The van der Waals surface area contributed by atoms with Gasteiger partial charge < -0.3 is 5.73 Å². The van der Waals surface area contributed by atoms with Crippen molar-refractivity contribution < 1.29 is 4.79 Å². The van der Waals surface area contributed by atoms with E-state index < -0.39 is 0 Å². The number of halogens is 1. The molecule has 0 aliphatic carbocycles. The van der Waals surface area contributed by atoms with Gasteiger partial charge in [0.2, 0.25) is 0 Å². The van der Waals surface area contributed by atoms with E-state index in [2.05, 4.69) is 6.92 Å². The number of nitrogens with two attached hydrogens (primary N) is 1. The molecule has 0 aromatic carbocycles. The molecular weight excluding hydrogens is 230 g/mol. The number of ketones is 1. The van der Waals surface area contributed by atoms with Gasteiger partial charge in [0.15, 0.2) is 5.78 Å². The Kier molecular flexibility index (Phi) is 5.29. The van der Waals surface area contributed by atoms with Crippen molar-refractivity contribution in [1.29, 1.82) is 0 Å². The molecule has 0 amide bonds. The van der Waals surface area contributed by atoms with Crippen LogP contribution in [0.5, 0.6) is 0 Å². The van der Waals surface area contributed by atoms with Crippen molar-refractivity contribution in [1.82, 2.24) is 0 Å². The average molecular weight is 246 g/mol. The van der Waals surface area contributed by atoms with E-state index in [4.69, 9.17) is 17.3 Å². The number of hydrogen-bond acceptors (Lipinski definition) is 3. The summed E-state index contributed by atoms with van der Waals surface area (Å²) in [5.74, 6) is 0.713. The van der Waals surface area contributed by atoms with Crippen LogP contribution in [0.1, 0.15) is 35.9 Å². The van der Waals surface area contributed by atoms with Gasteiger partial charge >= 0.3 is 0 Å². The van der Waals surface area contributed by atoms with Crippen molar-refractivity contribution in [2.24, 2.45) is 11.7 Å². The van der Waals surface area contributed by atoms with Gasteiger partial charge in [0.05, 0.1) is 9.21 Å². The molecule has 0 aliphatic rings. The van der Waals surface area contributed by atoms with E-state index >= 15 is 0 Å². The molecule has 0 saturated carbocycles.